The number of rotatable bonds is 3. The van der Waals surface area contributed by atoms with Gasteiger partial charge in [0.15, 0.2) is 0 Å². The zero-order chi connectivity index (χ0) is 8.31. The van der Waals surface area contributed by atoms with Crippen LogP contribution in [-0.4, -0.2) is 17.1 Å². The summed E-state index contributed by atoms with van der Waals surface area (Å²) in [5.74, 6) is -1.03. The highest BCUT2D eigenvalue weighted by Gasteiger charge is 2.21. The van der Waals surface area contributed by atoms with E-state index in [2.05, 4.69) is 0 Å². The average molecular weight is 145 g/mol. The first-order chi connectivity index (χ1) is 4.46. The molecule has 2 unspecified atom stereocenters. The normalized spacial score (nSPS) is 16.9. The number of carbonyl (C=O) groups is 1. The first-order valence-corrected chi connectivity index (χ1v) is 3.45. The van der Waals surface area contributed by atoms with E-state index in [0.29, 0.717) is 0 Å². The average Bonchev–Trinajstić information content (AvgIpc) is 1.84. The van der Waals surface area contributed by atoms with Crippen LogP contribution >= 0.6 is 0 Å². The molecule has 0 amide bonds. The molecule has 60 valence electrons. The van der Waals surface area contributed by atoms with Crippen LogP contribution in [0.1, 0.15) is 20.8 Å². The van der Waals surface area contributed by atoms with Gasteiger partial charge in [0.05, 0.1) is 5.92 Å². The smallest absolute Gasteiger partial charge is 0.307 e. The monoisotopic (exact) mass is 145 g/mol. The van der Waals surface area contributed by atoms with E-state index in [-0.39, 0.29) is 12.0 Å². The maximum atomic E-state index is 10.4. The van der Waals surface area contributed by atoms with Crippen molar-refractivity contribution < 1.29 is 9.90 Å². The fraction of sp³-hybridized carbons (Fsp3) is 0.857. The lowest BCUT2D eigenvalue weighted by atomic mass is 9.93. The Kier molecular flexibility index (Phi) is 3.36. The van der Waals surface area contributed by atoms with Crippen molar-refractivity contribution in [3.05, 3.63) is 0 Å². The van der Waals surface area contributed by atoms with Crippen LogP contribution in [0, 0.1) is 11.8 Å². The van der Waals surface area contributed by atoms with Gasteiger partial charge < -0.3 is 10.8 Å². The lowest BCUT2D eigenvalue weighted by Gasteiger charge is -2.19. The summed E-state index contributed by atoms with van der Waals surface area (Å²) in [6.07, 6.45) is 0. The highest BCUT2D eigenvalue weighted by molar-refractivity contribution is 5.70. The molecule has 3 heteroatoms. The Morgan fingerprint density at radius 2 is 1.80 bits per heavy atom. The SMILES string of the molecule is CC(C)C(N)C(C)C(=O)O. The third-order valence-corrected chi connectivity index (χ3v) is 1.74. The number of carboxylic acids is 1. The van der Waals surface area contributed by atoms with Gasteiger partial charge in [-0.3, -0.25) is 4.79 Å². The summed E-state index contributed by atoms with van der Waals surface area (Å²) in [6, 6.07) is -0.238. The van der Waals surface area contributed by atoms with Gasteiger partial charge in [0.1, 0.15) is 0 Å². The van der Waals surface area contributed by atoms with Crippen molar-refractivity contribution >= 4 is 5.97 Å². The number of aliphatic carboxylic acids is 1. The first-order valence-electron chi connectivity index (χ1n) is 3.45. The molecule has 0 aliphatic heterocycles. The van der Waals surface area contributed by atoms with Crippen molar-refractivity contribution in [1.82, 2.24) is 0 Å². The topological polar surface area (TPSA) is 63.3 Å². The predicted molar refractivity (Wildman–Crippen MR) is 39.6 cm³/mol. The number of hydrogen-bond donors (Lipinski definition) is 2. The summed E-state index contributed by atoms with van der Waals surface area (Å²) in [5.41, 5.74) is 5.58. The fourth-order valence-corrected chi connectivity index (χ4v) is 0.742. The third kappa shape index (κ3) is 2.35. The maximum Gasteiger partial charge on any atom is 0.307 e. The van der Waals surface area contributed by atoms with E-state index in [1.807, 2.05) is 13.8 Å². The maximum absolute atomic E-state index is 10.4. The second-order valence-electron chi connectivity index (χ2n) is 2.95. The molecule has 0 rings (SSSR count). The second kappa shape index (κ2) is 3.56. The number of carboxylic acid groups (broad SMARTS) is 1. The van der Waals surface area contributed by atoms with E-state index in [0.717, 1.165) is 0 Å². The summed E-state index contributed by atoms with van der Waals surface area (Å²) in [6.45, 7) is 5.47. The lowest BCUT2D eigenvalue weighted by Crippen LogP contribution is -2.37. The van der Waals surface area contributed by atoms with Crippen LogP contribution in [0.2, 0.25) is 0 Å². The molecule has 0 fully saturated rings. The molecule has 3 N–H and O–H groups in total. The highest BCUT2D eigenvalue weighted by atomic mass is 16.4. The molecule has 0 aromatic heterocycles. The molecule has 0 saturated carbocycles. The van der Waals surface area contributed by atoms with Crippen molar-refractivity contribution in [3.8, 4) is 0 Å². The minimum Gasteiger partial charge on any atom is -0.481 e. The Hall–Kier alpha value is -0.570. The van der Waals surface area contributed by atoms with Crippen LogP contribution in [0.15, 0.2) is 0 Å². The van der Waals surface area contributed by atoms with Gasteiger partial charge in [-0.2, -0.15) is 0 Å². The second-order valence-corrected chi connectivity index (χ2v) is 2.95. The van der Waals surface area contributed by atoms with E-state index in [1.54, 1.807) is 6.92 Å². The summed E-state index contributed by atoms with van der Waals surface area (Å²) < 4.78 is 0. The van der Waals surface area contributed by atoms with Crippen molar-refractivity contribution in [1.29, 1.82) is 0 Å². The van der Waals surface area contributed by atoms with Crippen LogP contribution < -0.4 is 5.73 Å². The van der Waals surface area contributed by atoms with E-state index >= 15 is 0 Å². The third-order valence-electron chi connectivity index (χ3n) is 1.74. The van der Waals surface area contributed by atoms with E-state index in [4.69, 9.17) is 10.8 Å². The molecule has 2 atom stereocenters. The summed E-state index contributed by atoms with van der Waals surface area (Å²) in [5, 5.41) is 8.52. The van der Waals surface area contributed by atoms with Crippen molar-refractivity contribution in [2.75, 3.05) is 0 Å². The van der Waals surface area contributed by atoms with E-state index < -0.39 is 11.9 Å². The molecule has 0 aliphatic carbocycles. The Morgan fingerprint density at radius 1 is 1.40 bits per heavy atom. The van der Waals surface area contributed by atoms with Gasteiger partial charge in [-0.1, -0.05) is 20.8 Å². The van der Waals surface area contributed by atoms with Crippen LogP contribution in [0.5, 0.6) is 0 Å². The van der Waals surface area contributed by atoms with Gasteiger partial charge in [0.2, 0.25) is 0 Å². The summed E-state index contributed by atoms with van der Waals surface area (Å²) in [7, 11) is 0. The molecular formula is C7H15NO2. The van der Waals surface area contributed by atoms with E-state index in [1.165, 1.54) is 0 Å². The molecule has 0 aromatic carbocycles. The summed E-state index contributed by atoms with van der Waals surface area (Å²) >= 11 is 0. The Labute approximate surface area is 61.2 Å². The summed E-state index contributed by atoms with van der Waals surface area (Å²) in [4.78, 5) is 10.4. The number of nitrogens with two attached hydrogens (primary N) is 1. The van der Waals surface area contributed by atoms with Crippen LogP contribution in [-0.2, 0) is 4.79 Å². The molecule has 0 heterocycles. The zero-order valence-corrected chi connectivity index (χ0v) is 6.66. The Balaban J connectivity index is 3.94. The highest BCUT2D eigenvalue weighted by Crippen LogP contribution is 2.09. The van der Waals surface area contributed by atoms with E-state index in [9.17, 15) is 4.79 Å². The molecule has 0 bridgehead atoms. The molecule has 0 radical (unpaired) electrons. The van der Waals surface area contributed by atoms with Crippen molar-refractivity contribution in [2.45, 2.75) is 26.8 Å². The molecule has 0 aliphatic rings. The fourth-order valence-electron chi connectivity index (χ4n) is 0.742. The van der Waals surface area contributed by atoms with Crippen molar-refractivity contribution in [2.24, 2.45) is 17.6 Å². The van der Waals surface area contributed by atoms with Crippen LogP contribution in [0.25, 0.3) is 0 Å². The zero-order valence-electron chi connectivity index (χ0n) is 6.66. The standard InChI is InChI=1S/C7H15NO2/c1-4(2)6(8)5(3)7(9)10/h4-6H,8H2,1-3H3,(H,9,10). The molecule has 10 heavy (non-hydrogen) atoms. The van der Waals surface area contributed by atoms with Gasteiger partial charge in [-0.25, -0.2) is 0 Å². The minimum atomic E-state index is -0.818. The Morgan fingerprint density at radius 3 is 1.90 bits per heavy atom. The van der Waals surface area contributed by atoms with Gasteiger partial charge in [0.25, 0.3) is 0 Å². The quantitative estimate of drug-likeness (QED) is 0.614. The largest absolute Gasteiger partial charge is 0.481 e. The van der Waals surface area contributed by atoms with Crippen molar-refractivity contribution in [3.63, 3.8) is 0 Å². The molecular weight excluding hydrogens is 130 g/mol. The minimum absolute atomic E-state index is 0.228. The van der Waals surface area contributed by atoms with Gasteiger partial charge in [0, 0.05) is 6.04 Å². The van der Waals surface area contributed by atoms with Gasteiger partial charge >= 0.3 is 5.97 Å². The Bertz CT molecular complexity index is 123. The number of hydrogen-bond acceptors (Lipinski definition) is 2. The molecule has 0 spiro atoms. The molecule has 3 nitrogen and oxygen atoms in total. The lowest BCUT2D eigenvalue weighted by molar-refractivity contribution is -0.142. The van der Waals surface area contributed by atoms with Crippen LogP contribution in [0.4, 0.5) is 0 Å². The molecule has 0 saturated heterocycles. The predicted octanol–water partition coefficient (Wildman–Crippen LogP) is 0.690. The van der Waals surface area contributed by atoms with Crippen LogP contribution in [0.3, 0.4) is 0 Å². The van der Waals surface area contributed by atoms with Gasteiger partial charge in [-0.15, -0.1) is 0 Å². The molecule has 0 aromatic rings. The first kappa shape index (κ1) is 9.43. The van der Waals surface area contributed by atoms with Gasteiger partial charge in [-0.05, 0) is 5.92 Å².